The lowest BCUT2D eigenvalue weighted by Gasteiger charge is -2.18. The molecular weight excluding hydrogens is 404 g/mol. The van der Waals surface area contributed by atoms with Crippen molar-refractivity contribution in [3.8, 4) is 11.4 Å². The lowest BCUT2D eigenvalue weighted by Crippen LogP contribution is -2.22. The van der Waals surface area contributed by atoms with Crippen LogP contribution in [0.15, 0.2) is 60.1 Å². The first-order chi connectivity index (χ1) is 15.3. The molecule has 31 heavy (non-hydrogen) atoms. The summed E-state index contributed by atoms with van der Waals surface area (Å²) in [6, 6.07) is 17.2. The molecule has 3 N–H and O–H groups in total. The Bertz CT molecular complexity index is 1150. The molecule has 1 saturated heterocycles. The molecule has 3 aromatic heterocycles. The third kappa shape index (κ3) is 4.38. The first-order valence-electron chi connectivity index (χ1n) is 10.8. The van der Waals surface area contributed by atoms with E-state index in [2.05, 4.69) is 63.6 Å². The Labute approximate surface area is 186 Å². The maximum Gasteiger partial charge on any atom is 0.162 e. The standard InChI is InChI=1S/C24H26N6S/c1-2-19(16-6-4-3-5-7-16)28-21-14-17(8-12-26-21)23-29-20-10-13-31-22(20)24(30-23)27-18-9-11-25-15-18/h3-8,10,12-14,18-19,25H,2,9,11,15H2,1H3,(H,26,28)(H,27,29,30)/t18-,19+/m1/s1. The summed E-state index contributed by atoms with van der Waals surface area (Å²) in [6.45, 7) is 4.19. The van der Waals surface area contributed by atoms with Crippen LogP contribution < -0.4 is 16.0 Å². The minimum Gasteiger partial charge on any atom is -0.365 e. The van der Waals surface area contributed by atoms with Gasteiger partial charge in [-0.1, -0.05) is 37.3 Å². The molecule has 2 atom stereocenters. The van der Waals surface area contributed by atoms with Gasteiger partial charge in [-0.25, -0.2) is 15.0 Å². The van der Waals surface area contributed by atoms with Crippen LogP contribution in [0.3, 0.4) is 0 Å². The zero-order valence-corrected chi connectivity index (χ0v) is 18.3. The summed E-state index contributed by atoms with van der Waals surface area (Å²) >= 11 is 1.68. The lowest BCUT2D eigenvalue weighted by atomic mass is 10.0. The second-order valence-corrected chi connectivity index (χ2v) is 8.73. The van der Waals surface area contributed by atoms with Crippen molar-refractivity contribution < 1.29 is 0 Å². The van der Waals surface area contributed by atoms with Crippen molar-refractivity contribution in [1.29, 1.82) is 0 Å². The van der Waals surface area contributed by atoms with Crippen molar-refractivity contribution in [2.24, 2.45) is 0 Å². The number of thiophene rings is 1. The molecule has 5 rings (SSSR count). The molecule has 6 nitrogen and oxygen atoms in total. The minimum atomic E-state index is 0.205. The van der Waals surface area contributed by atoms with Crippen LogP contribution in [0, 0.1) is 0 Å². The largest absolute Gasteiger partial charge is 0.365 e. The predicted octanol–water partition coefficient (Wildman–Crippen LogP) is 5.09. The highest BCUT2D eigenvalue weighted by molar-refractivity contribution is 7.17. The number of rotatable bonds is 7. The van der Waals surface area contributed by atoms with E-state index in [1.54, 1.807) is 11.3 Å². The monoisotopic (exact) mass is 430 g/mol. The molecular formula is C24H26N6S. The van der Waals surface area contributed by atoms with Crippen molar-refractivity contribution in [3.05, 3.63) is 65.7 Å². The third-order valence-electron chi connectivity index (χ3n) is 5.66. The molecule has 1 aliphatic rings. The number of anilines is 2. The molecule has 158 valence electrons. The Morgan fingerprint density at radius 2 is 2.06 bits per heavy atom. The normalized spacial score (nSPS) is 17.0. The van der Waals surface area contributed by atoms with Crippen LogP contribution in [0.1, 0.15) is 31.4 Å². The molecule has 4 aromatic rings. The number of aromatic nitrogens is 3. The number of pyridine rings is 1. The van der Waals surface area contributed by atoms with Crippen LogP contribution >= 0.6 is 11.3 Å². The second kappa shape index (κ2) is 8.99. The molecule has 1 aromatic carbocycles. The zero-order valence-electron chi connectivity index (χ0n) is 17.5. The van der Waals surface area contributed by atoms with Gasteiger partial charge in [0.1, 0.15) is 11.6 Å². The Morgan fingerprint density at radius 1 is 1.16 bits per heavy atom. The molecule has 0 saturated carbocycles. The Hall–Kier alpha value is -3.03. The molecule has 0 radical (unpaired) electrons. The minimum absolute atomic E-state index is 0.205. The van der Waals surface area contributed by atoms with E-state index in [0.717, 1.165) is 59.2 Å². The molecule has 1 fully saturated rings. The van der Waals surface area contributed by atoms with E-state index in [1.807, 2.05) is 24.4 Å². The van der Waals surface area contributed by atoms with E-state index in [9.17, 15) is 0 Å². The Balaban J connectivity index is 1.45. The van der Waals surface area contributed by atoms with Gasteiger partial charge in [-0.2, -0.15) is 0 Å². The highest BCUT2D eigenvalue weighted by Crippen LogP contribution is 2.31. The average Bonchev–Trinajstić information content (AvgIpc) is 3.50. The van der Waals surface area contributed by atoms with Gasteiger partial charge in [-0.05, 0) is 48.5 Å². The van der Waals surface area contributed by atoms with Crippen molar-refractivity contribution in [2.45, 2.75) is 31.8 Å². The Kier molecular flexibility index (Phi) is 5.78. The van der Waals surface area contributed by atoms with Crippen molar-refractivity contribution >= 4 is 33.2 Å². The first-order valence-corrected chi connectivity index (χ1v) is 11.7. The summed E-state index contributed by atoms with van der Waals surface area (Å²) in [5.41, 5.74) is 3.19. The van der Waals surface area contributed by atoms with Crippen LogP contribution in [0.4, 0.5) is 11.6 Å². The molecule has 4 heterocycles. The van der Waals surface area contributed by atoms with Crippen molar-refractivity contribution in [3.63, 3.8) is 0 Å². The maximum atomic E-state index is 4.91. The topological polar surface area (TPSA) is 74.8 Å². The van der Waals surface area contributed by atoms with Crippen LogP contribution in [-0.4, -0.2) is 34.1 Å². The molecule has 0 bridgehead atoms. The Morgan fingerprint density at radius 3 is 2.87 bits per heavy atom. The SMILES string of the molecule is CC[C@H](Nc1cc(-c2nc(N[C@@H]3CCNC3)c3sccc3n2)ccn1)c1ccccc1. The fourth-order valence-corrected chi connectivity index (χ4v) is 4.78. The quantitative estimate of drug-likeness (QED) is 0.379. The van der Waals surface area contributed by atoms with Gasteiger partial charge >= 0.3 is 0 Å². The van der Waals surface area contributed by atoms with E-state index in [4.69, 9.17) is 9.97 Å². The molecule has 0 unspecified atom stereocenters. The molecule has 7 heteroatoms. The van der Waals surface area contributed by atoms with Crippen LogP contribution in [0.5, 0.6) is 0 Å². The van der Waals surface area contributed by atoms with Crippen LogP contribution in [0.25, 0.3) is 21.6 Å². The number of hydrogen-bond acceptors (Lipinski definition) is 7. The second-order valence-electron chi connectivity index (χ2n) is 7.81. The highest BCUT2D eigenvalue weighted by Gasteiger charge is 2.18. The predicted molar refractivity (Wildman–Crippen MR) is 129 cm³/mol. The summed E-state index contributed by atoms with van der Waals surface area (Å²) in [5.74, 6) is 2.47. The van der Waals surface area contributed by atoms with E-state index < -0.39 is 0 Å². The number of fused-ring (bicyclic) bond motifs is 1. The van der Waals surface area contributed by atoms with Crippen molar-refractivity contribution in [1.82, 2.24) is 20.3 Å². The van der Waals surface area contributed by atoms with E-state index in [1.165, 1.54) is 5.56 Å². The number of benzene rings is 1. The van der Waals surface area contributed by atoms with Crippen LogP contribution in [-0.2, 0) is 0 Å². The van der Waals surface area contributed by atoms with E-state index in [0.29, 0.717) is 6.04 Å². The van der Waals surface area contributed by atoms with Gasteiger partial charge in [0.2, 0.25) is 0 Å². The summed E-state index contributed by atoms with van der Waals surface area (Å²) in [6.07, 6.45) is 3.90. The average molecular weight is 431 g/mol. The van der Waals surface area contributed by atoms with Gasteiger partial charge in [0, 0.05) is 24.3 Å². The first kappa shape index (κ1) is 19.9. The van der Waals surface area contributed by atoms with Gasteiger partial charge in [0.15, 0.2) is 5.82 Å². The lowest BCUT2D eigenvalue weighted by molar-refractivity contribution is 0.744. The smallest absolute Gasteiger partial charge is 0.162 e. The molecule has 0 spiro atoms. The van der Waals surface area contributed by atoms with Gasteiger partial charge < -0.3 is 16.0 Å². The number of nitrogens with zero attached hydrogens (tertiary/aromatic N) is 3. The molecule has 0 aliphatic carbocycles. The van der Waals surface area contributed by atoms with E-state index >= 15 is 0 Å². The fraction of sp³-hybridized carbons (Fsp3) is 0.292. The number of hydrogen-bond donors (Lipinski definition) is 3. The summed E-state index contributed by atoms with van der Waals surface area (Å²) in [4.78, 5) is 14.3. The highest BCUT2D eigenvalue weighted by atomic mass is 32.1. The summed E-state index contributed by atoms with van der Waals surface area (Å²) < 4.78 is 1.11. The van der Waals surface area contributed by atoms with Gasteiger partial charge in [0.25, 0.3) is 0 Å². The zero-order chi connectivity index (χ0) is 21.0. The van der Waals surface area contributed by atoms with Gasteiger partial charge in [0.05, 0.1) is 16.3 Å². The third-order valence-corrected chi connectivity index (χ3v) is 6.57. The summed E-state index contributed by atoms with van der Waals surface area (Å²) in [7, 11) is 0. The van der Waals surface area contributed by atoms with Gasteiger partial charge in [-0.15, -0.1) is 11.3 Å². The van der Waals surface area contributed by atoms with Gasteiger partial charge in [-0.3, -0.25) is 0 Å². The maximum absolute atomic E-state index is 4.91. The van der Waals surface area contributed by atoms with Crippen LogP contribution in [0.2, 0.25) is 0 Å². The molecule has 1 aliphatic heterocycles. The molecule has 0 amide bonds. The van der Waals surface area contributed by atoms with Crippen molar-refractivity contribution in [2.75, 3.05) is 23.7 Å². The summed E-state index contributed by atoms with van der Waals surface area (Å²) in [5, 5.41) is 12.7. The number of nitrogens with one attached hydrogen (secondary N) is 3. The van der Waals surface area contributed by atoms with E-state index in [-0.39, 0.29) is 6.04 Å². The fourth-order valence-electron chi connectivity index (χ4n) is 4.00.